The van der Waals surface area contributed by atoms with Crippen molar-refractivity contribution in [3.8, 4) is 0 Å². The predicted octanol–water partition coefficient (Wildman–Crippen LogP) is 1.34. The Morgan fingerprint density at radius 1 is 1.22 bits per heavy atom. The zero-order valence-electron chi connectivity index (χ0n) is 16.2. The summed E-state index contributed by atoms with van der Waals surface area (Å²) in [5.74, 6) is 0.0654. The van der Waals surface area contributed by atoms with E-state index in [1.807, 2.05) is 4.90 Å². The highest BCUT2D eigenvalue weighted by molar-refractivity contribution is 5.86. The van der Waals surface area contributed by atoms with Crippen molar-refractivity contribution in [1.82, 2.24) is 24.7 Å². The first-order valence-corrected chi connectivity index (χ1v) is 9.94. The molecule has 27 heavy (non-hydrogen) atoms. The van der Waals surface area contributed by atoms with Crippen LogP contribution in [0.4, 0.5) is 4.79 Å². The van der Waals surface area contributed by atoms with Crippen LogP contribution in [0.2, 0.25) is 0 Å². The van der Waals surface area contributed by atoms with Crippen molar-refractivity contribution in [2.75, 3.05) is 40.3 Å². The summed E-state index contributed by atoms with van der Waals surface area (Å²) in [5, 5.41) is 0. The number of carbonyl (C=O) groups is 2. The summed E-state index contributed by atoms with van der Waals surface area (Å²) in [6.45, 7) is 2.99. The van der Waals surface area contributed by atoms with E-state index in [2.05, 4.69) is 21.9 Å². The fourth-order valence-electron chi connectivity index (χ4n) is 5.04. The molecule has 1 atom stereocenters. The molecule has 2 saturated heterocycles. The van der Waals surface area contributed by atoms with Crippen molar-refractivity contribution in [3.63, 3.8) is 0 Å². The molecular weight excluding hydrogens is 346 g/mol. The quantitative estimate of drug-likeness (QED) is 0.801. The third kappa shape index (κ3) is 2.99. The Kier molecular flexibility index (Phi) is 4.84. The van der Waals surface area contributed by atoms with Gasteiger partial charge in [-0.3, -0.25) is 14.6 Å². The molecule has 0 radical (unpaired) electrons. The van der Waals surface area contributed by atoms with Crippen LogP contribution in [0.5, 0.6) is 0 Å². The average Bonchev–Trinajstić information content (AvgIpc) is 3.20. The van der Waals surface area contributed by atoms with Crippen molar-refractivity contribution >= 4 is 12.0 Å². The van der Waals surface area contributed by atoms with Crippen molar-refractivity contribution in [3.05, 3.63) is 17.7 Å². The van der Waals surface area contributed by atoms with Gasteiger partial charge in [-0.1, -0.05) is 0 Å². The maximum absolute atomic E-state index is 13.2. The van der Waals surface area contributed by atoms with Crippen LogP contribution in [0, 0.1) is 0 Å². The Bertz CT molecular complexity index is 710. The molecule has 0 unspecified atom stereocenters. The van der Waals surface area contributed by atoms with Gasteiger partial charge >= 0.3 is 6.09 Å². The lowest BCUT2D eigenvalue weighted by Gasteiger charge is -2.49. The van der Waals surface area contributed by atoms with Crippen LogP contribution in [0.3, 0.4) is 0 Å². The van der Waals surface area contributed by atoms with Crippen LogP contribution >= 0.6 is 0 Å². The molecule has 3 aliphatic heterocycles. The molecular formula is C19H29N5O3. The minimum atomic E-state index is -0.394. The van der Waals surface area contributed by atoms with E-state index in [9.17, 15) is 9.59 Å². The van der Waals surface area contributed by atoms with Gasteiger partial charge in [0.15, 0.2) is 0 Å². The summed E-state index contributed by atoms with van der Waals surface area (Å²) in [4.78, 5) is 39.1. The van der Waals surface area contributed by atoms with Gasteiger partial charge in [0, 0.05) is 38.3 Å². The van der Waals surface area contributed by atoms with Crippen LogP contribution in [-0.4, -0.2) is 83.0 Å². The van der Waals surface area contributed by atoms with E-state index >= 15 is 0 Å². The molecule has 2 fully saturated rings. The molecule has 0 bridgehead atoms. The number of ether oxygens (including phenoxy) is 1. The molecule has 1 aromatic heterocycles. The average molecular weight is 375 g/mol. The van der Waals surface area contributed by atoms with Crippen LogP contribution in [0.25, 0.3) is 0 Å². The summed E-state index contributed by atoms with van der Waals surface area (Å²) in [6.07, 6.45) is 6.76. The van der Waals surface area contributed by atoms with Gasteiger partial charge in [0.2, 0.25) is 5.91 Å². The molecule has 0 aliphatic carbocycles. The number of piperidine rings is 2. The van der Waals surface area contributed by atoms with Crippen LogP contribution in [0.1, 0.15) is 43.5 Å². The largest absolute Gasteiger partial charge is 0.453 e. The summed E-state index contributed by atoms with van der Waals surface area (Å²) in [7, 11) is 3.54. The number of hydrogen-bond acceptors (Lipinski definition) is 5. The minimum absolute atomic E-state index is 0.0654. The number of amides is 2. The van der Waals surface area contributed by atoms with Crippen LogP contribution in [-0.2, 0) is 21.5 Å². The molecule has 0 saturated carbocycles. The summed E-state index contributed by atoms with van der Waals surface area (Å²) in [6, 6.07) is -0.384. The molecule has 1 spiro atoms. The molecule has 0 aromatic carbocycles. The van der Waals surface area contributed by atoms with Gasteiger partial charge in [0.25, 0.3) is 0 Å². The van der Waals surface area contributed by atoms with Gasteiger partial charge in [-0.2, -0.15) is 0 Å². The zero-order valence-corrected chi connectivity index (χ0v) is 16.2. The van der Waals surface area contributed by atoms with E-state index in [1.54, 1.807) is 11.2 Å². The number of imidazole rings is 1. The molecule has 4 heterocycles. The van der Waals surface area contributed by atoms with Gasteiger partial charge < -0.3 is 14.6 Å². The highest BCUT2D eigenvalue weighted by Gasteiger charge is 2.46. The number of fused-ring (bicyclic) bond motifs is 2. The Morgan fingerprint density at radius 2 is 2.00 bits per heavy atom. The molecule has 1 aromatic rings. The number of carbonyl (C=O) groups excluding carboxylic acids is 2. The third-order valence-electron chi connectivity index (χ3n) is 6.69. The third-order valence-corrected chi connectivity index (χ3v) is 6.69. The van der Waals surface area contributed by atoms with Gasteiger partial charge in [-0.05, 0) is 39.2 Å². The fraction of sp³-hybridized carbons (Fsp3) is 0.737. The van der Waals surface area contributed by atoms with Gasteiger partial charge in [-0.15, -0.1) is 0 Å². The highest BCUT2D eigenvalue weighted by atomic mass is 16.5. The number of likely N-dealkylation sites (N-methyl/N-ethyl adjacent to an activating group) is 1. The van der Waals surface area contributed by atoms with E-state index in [4.69, 9.17) is 4.74 Å². The van der Waals surface area contributed by atoms with E-state index < -0.39 is 6.09 Å². The molecule has 4 rings (SSSR count). The van der Waals surface area contributed by atoms with Crippen LogP contribution < -0.4 is 0 Å². The second kappa shape index (κ2) is 7.14. The number of rotatable bonds is 1. The summed E-state index contributed by atoms with van der Waals surface area (Å²) in [5.41, 5.74) is 2.30. The first-order valence-electron chi connectivity index (χ1n) is 9.94. The summed E-state index contributed by atoms with van der Waals surface area (Å²) >= 11 is 0. The number of H-pyrrole nitrogens is 1. The van der Waals surface area contributed by atoms with Gasteiger partial charge in [0.05, 0.1) is 24.7 Å². The molecule has 1 N–H and O–H groups in total. The Labute approximate surface area is 159 Å². The van der Waals surface area contributed by atoms with E-state index in [1.165, 1.54) is 12.8 Å². The highest BCUT2D eigenvalue weighted by Crippen LogP contribution is 2.41. The SMILES string of the molecule is COC(=O)N1CCCC[C@H]1C(=O)N1CCC2(CC1)c1nc[nH]c1CCN2C. The smallest absolute Gasteiger partial charge is 0.410 e. The lowest BCUT2D eigenvalue weighted by Crippen LogP contribution is -2.59. The number of methoxy groups -OCH3 is 1. The lowest BCUT2D eigenvalue weighted by molar-refractivity contribution is -0.140. The number of nitrogens with zero attached hydrogens (tertiary/aromatic N) is 4. The molecule has 148 valence electrons. The van der Waals surface area contributed by atoms with E-state index in [0.717, 1.165) is 50.8 Å². The normalized spacial score (nSPS) is 25.3. The van der Waals surface area contributed by atoms with E-state index in [-0.39, 0.29) is 17.5 Å². The second-order valence-electron chi connectivity index (χ2n) is 7.93. The molecule has 3 aliphatic rings. The van der Waals surface area contributed by atoms with Crippen molar-refractivity contribution in [2.24, 2.45) is 0 Å². The molecule has 8 heteroatoms. The Morgan fingerprint density at radius 3 is 2.74 bits per heavy atom. The molecule has 8 nitrogen and oxygen atoms in total. The summed E-state index contributed by atoms with van der Waals surface area (Å²) < 4.78 is 4.89. The van der Waals surface area contributed by atoms with Crippen molar-refractivity contribution < 1.29 is 14.3 Å². The maximum Gasteiger partial charge on any atom is 0.410 e. The topological polar surface area (TPSA) is 81.8 Å². The number of nitrogens with one attached hydrogen (secondary N) is 1. The van der Waals surface area contributed by atoms with Crippen LogP contribution in [0.15, 0.2) is 6.33 Å². The number of likely N-dealkylation sites (tertiary alicyclic amines) is 2. The number of aromatic nitrogens is 2. The monoisotopic (exact) mass is 375 g/mol. The number of hydrogen-bond donors (Lipinski definition) is 1. The first-order chi connectivity index (χ1) is 13.1. The fourth-order valence-corrected chi connectivity index (χ4v) is 5.04. The first kappa shape index (κ1) is 18.3. The maximum atomic E-state index is 13.2. The standard InChI is InChI=1S/C19H29N5O3/c1-22-10-6-14-16(21-13-20-14)19(22)7-11-23(12-8-19)17(25)15-5-3-4-9-24(15)18(26)27-2/h13,15H,3-12H2,1-2H3,(H,20,21)/t15-/m0/s1. The van der Waals surface area contributed by atoms with Gasteiger partial charge in [-0.25, -0.2) is 9.78 Å². The molecule has 2 amide bonds. The second-order valence-corrected chi connectivity index (χ2v) is 7.93. The van der Waals surface area contributed by atoms with Crippen molar-refractivity contribution in [2.45, 2.75) is 50.1 Å². The van der Waals surface area contributed by atoms with E-state index in [0.29, 0.717) is 19.6 Å². The van der Waals surface area contributed by atoms with Crippen molar-refractivity contribution in [1.29, 1.82) is 0 Å². The minimum Gasteiger partial charge on any atom is -0.453 e. The Balaban J connectivity index is 1.48. The Hall–Kier alpha value is -2.09. The predicted molar refractivity (Wildman–Crippen MR) is 99.2 cm³/mol. The van der Waals surface area contributed by atoms with Gasteiger partial charge in [0.1, 0.15) is 6.04 Å². The number of aromatic amines is 1. The lowest BCUT2D eigenvalue weighted by atomic mass is 9.79. The zero-order chi connectivity index (χ0) is 19.0.